The summed E-state index contributed by atoms with van der Waals surface area (Å²) in [6.07, 6.45) is -1.92. The molecule has 0 spiro atoms. The van der Waals surface area contributed by atoms with E-state index in [0.29, 0.717) is 0 Å². The van der Waals surface area contributed by atoms with E-state index in [-0.39, 0.29) is 21.8 Å². The second-order valence-corrected chi connectivity index (χ2v) is 4.61. The minimum absolute atomic E-state index is 0.101. The zero-order valence-electron chi connectivity index (χ0n) is 7.43. The molecule has 0 aliphatic rings. The van der Waals surface area contributed by atoms with E-state index in [4.69, 9.17) is 22.3 Å². The third kappa shape index (κ3) is 7.01. The number of thioether (sulfide) groups is 2. The van der Waals surface area contributed by atoms with Crippen molar-refractivity contribution in [3.8, 4) is 0 Å². The Labute approximate surface area is 90.4 Å². The van der Waals surface area contributed by atoms with Gasteiger partial charge in [-0.05, 0) is 0 Å². The molecule has 0 aromatic heterocycles. The molecule has 0 aromatic carbocycles. The predicted molar refractivity (Wildman–Crippen MR) is 60.8 cm³/mol. The van der Waals surface area contributed by atoms with Gasteiger partial charge in [0.25, 0.3) is 0 Å². The first-order chi connectivity index (χ1) is 6.43. The molecule has 0 bridgehead atoms. The molecule has 0 saturated heterocycles. The average Bonchev–Trinajstić information content (AvgIpc) is 2.09. The average molecular weight is 238 g/mol. The Morgan fingerprint density at radius 2 is 1.29 bits per heavy atom. The molecule has 8 heteroatoms. The molecule has 0 aliphatic heterocycles. The van der Waals surface area contributed by atoms with Gasteiger partial charge in [0.1, 0.15) is 0 Å². The lowest BCUT2D eigenvalue weighted by Gasteiger charge is -2.16. The summed E-state index contributed by atoms with van der Waals surface area (Å²) in [6, 6.07) is 0. The van der Waals surface area contributed by atoms with Gasteiger partial charge in [0.15, 0.2) is 10.3 Å². The number of rotatable bonds is 5. The fraction of sp³-hybridized carbons (Fsp3) is 0.667. The van der Waals surface area contributed by atoms with Crippen LogP contribution in [0.5, 0.6) is 0 Å². The van der Waals surface area contributed by atoms with Crippen molar-refractivity contribution >= 4 is 33.9 Å². The van der Waals surface area contributed by atoms with E-state index in [1.54, 1.807) is 0 Å². The van der Waals surface area contributed by atoms with E-state index >= 15 is 0 Å². The lowest BCUT2D eigenvalue weighted by atomic mass is 10.3. The van der Waals surface area contributed by atoms with Crippen LogP contribution in [0.2, 0.25) is 0 Å². The number of hydrogen-bond donors (Lipinski definition) is 6. The number of hydrogen-bond acceptors (Lipinski definition) is 6. The quantitative estimate of drug-likeness (QED) is 0.267. The molecular formula is C6H14N4O2S2. The first kappa shape index (κ1) is 13.6. The summed E-state index contributed by atoms with van der Waals surface area (Å²) in [7, 11) is 0. The van der Waals surface area contributed by atoms with Crippen molar-refractivity contribution in [2.45, 2.75) is 12.2 Å². The Bertz CT molecular complexity index is 192. The molecular weight excluding hydrogens is 224 g/mol. The maximum atomic E-state index is 9.33. The van der Waals surface area contributed by atoms with E-state index in [2.05, 4.69) is 0 Å². The third-order valence-electron chi connectivity index (χ3n) is 1.26. The van der Waals surface area contributed by atoms with Crippen LogP contribution in [0, 0.1) is 10.8 Å². The van der Waals surface area contributed by atoms with Crippen molar-refractivity contribution in [3.63, 3.8) is 0 Å². The Kier molecular flexibility index (Phi) is 6.71. The highest BCUT2D eigenvalue weighted by Gasteiger charge is 2.17. The highest BCUT2D eigenvalue weighted by molar-refractivity contribution is 8.14. The summed E-state index contributed by atoms with van der Waals surface area (Å²) >= 11 is 1.92. The summed E-state index contributed by atoms with van der Waals surface area (Å²) in [6.45, 7) is 0. The molecule has 0 fully saturated rings. The Morgan fingerprint density at radius 1 is 1.00 bits per heavy atom. The largest absolute Gasteiger partial charge is 0.390 e. The van der Waals surface area contributed by atoms with Gasteiger partial charge in [-0.25, -0.2) is 0 Å². The van der Waals surface area contributed by atoms with Gasteiger partial charge in [-0.3, -0.25) is 10.8 Å². The van der Waals surface area contributed by atoms with E-state index in [0.717, 1.165) is 23.5 Å². The molecule has 0 saturated carbocycles. The lowest BCUT2D eigenvalue weighted by molar-refractivity contribution is 0.0502. The zero-order valence-corrected chi connectivity index (χ0v) is 9.07. The smallest absolute Gasteiger partial charge is 0.151 e. The van der Waals surface area contributed by atoms with Gasteiger partial charge < -0.3 is 21.7 Å². The molecule has 8 N–H and O–H groups in total. The molecule has 0 aliphatic carbocycles. The standard InChI is InChI=1S/C6H14N4O2S2/c7-5(8)13-1-3(11)4(12)2-14-6(9)10/h3-4,11-12H,1-2H2,(H3,7,8)(H3,9,10)/t3-,4+. The van der Waals surface area contributed by atoms with Crippen LogP contribution in [-0.4, -0.2) is 44.3 Å². The van der Waals surface area contributed by atoms with Gasteiger partial charge in [-0.2, -0.15) is 0 Å². The fourth-order valence-electron chi connectivity index (χ4n) is 0.572. The van der Waals surface area contributed by atoms with Gasteiger partial charge in [-0.15, -0.1) is 0 Å². The molecule has 2 atom stereocenters. The van der Waals surface area contributed by atoms with E-state index in [9.17, 15) is 10.2 Å². The molecule has 0 heterocycles. The van der Waals surface area contributed by atoms with E-state index in [1.165, 1.54) is 0 Å². The van der Waals surface area contributed by atoms with Gasteiger partial charge >= 0.3 is 0 Å². The Hall–Kier alpha value is -0.440. The van der Waals surface area contributed by atoms with Crippen LogP contribution in [0.3, 0.4) is 0 Å². The van der Waals surface area contributed by atoms with E-state index in [1.807, 2.05) is 0 Å². The van der Waals surface area contributed by atoms with Crippen molar-refractivity contribution in [1.82, 2.24) is 0 Å². The van der Waals surface area contributed by atoms with Crippen molar-refractivity contribution in [2.75, 3.05) is 11.5 Å². The number of amidine groups is 2. The van der Waals surface area contributed by atoms with E-state index < -0.39 is 12.2 Å². The first-order valence-corrected chi connectivity index (χ1v) is 5.70. The molecule has 6 nitrogen and oxygen atoms in total. The van der Waals surface area contributed by atoms with Gasteiger partial charge in [-0.1, -0.05) is 23.5 Å². The highest BCUT2D eigenvalue weighted by atomic mass is 32.2. The second kappa shape index (κ2) is 6.93. The zero-order chi connectivity index (χ0) is 11.1. The maximum absolute atomic E-state index is 9.33. The Balaban J connectivity index is 3.69. The number of nitrogens with one attached hydrogen (secondary N) is 2. The SMILES string of the molecule is N=C(N)SC[C@@H](O)[C@@H](O)CSC(=N)N. The van der Waals surface area contributed by atoms with Crippen LogP contribution in [0.1, 0.15) is 0 Å². The Morgan fingerprint density at radius 3 is 1.50 bits per heavy atom. The number of nitrogens with two attached hydrogens (primary N) is 2. The minimum Gasteiger partial charge on any atom is -0.390 e. The topological polar surface area (TPSA) is 140 Å². The number of aliphatic hydroxyl groups is 2. The summed E-state index contributed by atoms with van der Waals surface area (Å²) < 4.78 is 0. The highest BCUT2D eigenvalue weighted by Crippen LogP contribution is 2.09. The van der Waals surface area contributed by atoms with Gasteiger partial charge in [0.05, 0.1) is 12.2 Å². The van der Waals surface area contributed by atoms with Crippen LogP contribution in [-0.2, 0) is 0 Å². The van der Waals surface area contributed by atoms with Gasteiger partial charge in [0, 0.05) is 11.5 Å². The second-order valence-electron chi connectivity index (χ2n) is 2.49. The van der Waals surface area contributed by atoms with Crippen molar-refractivity contribution in [3.05, 3.63) is 0 Å². The predicted octanol–water partition coefficient (Wildman–Crippen LogP) is -1.04. The molecule has 0 rings (SSSR count). The minimum atomic E-state index is -0.962. The third-order valence-corrected chi connectivity index (χ3v) is 2.90. The first-order valence-electron chi connectivity index (χ1n) is 3.73. The molecule has 14 heavy (non-hydrogen) atoms. The molecule has 82 valence electrons. The van der Waals surface area contributed by atoms with Crippen molar-refractivity contribution in [2.24, 2.45) is 11.5 Å². The van der Waals surface area contributed by atoms with Gasteiger partial charge in [0.2, 0.25) is 0 Å². The molecule has 0 amide bonds. The fourth-order valence-corrected chi connectivity index (χ4v) is 1.72. The summed E-state index contributed by atoms with van der Waals surface area (Å²) in [5, 5.41) is 32.2. The molecule has 0 radical (unpaired) electrons. The maximum Gasteiger partial charge on any atom is 0.151 e. The normalized spacial score (nSPS) is 14.7. The molecule has 0 aromatic rings. The molecule has 0 unspecified atom stereocenters. The van der Waals surface area contributed by atoms with Crippen LogP contribution in [0.4, 0.5) is 0 Å². The summed E-state index contributed by atoms with van der Waals surface area (Å²) in [5.41, 5.74) is 10.1. The van der Waals surface area contributed by atoms with Crippen LogP contribution < -0.4 is 11.5 Å². The monoisotopic (exact) mass is 238 g/mol. The summed E-state index contributed by atoms with van der Waals surface area (Å²) in [4.78, 5) is 0. The van der Waals surface area contributed by atoms with Crippen LogP contribution in [0.15, 0.2) is 0 Å². The van der Waals surface area contributed by atoms with Crippen LogP contribution >= 0.6 is 23.5 Å². The van der Waals surface area contributed by atoms with Crippen LogP contribution in [0.25, 0.3) is 0 Å². The lowest BCUT2D eigenvalue weighted by Crippen LogP contribution is -2.32. The van der Waals surface area contributed by atoms with Crippen molar-refractivity contribution in [1.29, 1.82) is 10.8 Å². The number of aliphatic hydroxyl groups excluding tert-OH is 2. The van der Waals surface area contributed by atoms with Crippen molar-refractivity contribution < 1.29 is 10.2 Å². The summed E-state index contributed by atoms with van der Waals surface area (Å²) in [5.74, 6) is 0.323.